The first kappa shape index (κ1) is 9.07. The zero-order valence-corrected chi connectivity index (χ0v) is 7.72. The maximum Gasteiger partial charge on any atom is 0.124 e. The van der Waals surface area contributed by atoms with E-state index in [2.05, 4.69) is 0 Å². The Morgan fingerprint density at radius 3 is 2.33 bits per heavy atom. The maximum atomic E-state index is 8.98. The fraction of sp³-hybridized carbons (Fsp3) is 0.400. The highest BCUT2D eigenvalue weighted by Gasteiger charge is 2.03. The van der Waals surface area contributed by atoms with Crippen LogP contribution < -0.4 is 4.74 Å². The second kappa shape index (κ2) is 3.59. The summed E-state index contributed by atoms with van der Waals surface area (Å²) in [6, 6.07) is 3.90. The highest BCUT2D eigenvalue weighted by atomic mass is 16.5. The van der Waals surface area contributed by atoms with E-state index in [1.165, 1.54) is 11.1 Å². The molecule has 2 heteroatoms. The summed E-state index contributed by atoms with van der Waals surface area (Å²) in [7, 11) is 1.61. The van der Waals surface area contributed by atoms with Gasteiger partial charge in [0.1, 0.15) is 5.75 Å². The number of aryl methyl sites for hydroxylation is 2. The Labute approximate surface area is 72.8 Å². The summed E-state index contributed by atoms with van der Waals surface area (Å²) in [4.78, 5) is 0. The van der Waals surface area contributed by atoms with Gasteiger partial charge in [0.15, 0.2) is 0 Å². The third kappa shape index (κ3) is 1.59. The maximum absolute atomic E-state index is 8.98. The fourth-order valence-corrected chi connectivity index (χ4v) is 1.16. The fourth-order valence-electron chi connectivity index (χ4n) is 1.16. The van der Waals surface area contributed by atoms with Gasteiger partial charge in [-0.2, -0.15) is 0 Å². The topological polar surface area (TPSA) is 29.5 Å². The largest absolute Gasteiger partial charge is 0.496 e. The zero-order valence-electron chi connectivity index (χ0n) is 7.72. The van der Waals surface area contributed by atoms with Gasteiger partial charge in [0, 0.05) is 5.56 Å². The van der Waals surface area contributed by atoms with Gasteiger partial charge in [-0.15, -0.1) is 0 Å². The van der Waals surface area contributed by atoms with Crippen molar-refractivity contribution in [2.45, 2.75) is 20.5 Å². The summed E-state index contributed by atoms with van der Waals surface area (Å²) in [5, 5.41) is 8.98. The molecule has 1 aromatic carbocycles. The summed E-state index contributed by atoms with van der Waals surface area (Å²) in [6.45, 7) is 4.08. The molecule has 0 aliphatic carbocycles. The number of rotatable bonds is 2. The quantitative estimate of drug-likeness (QED) is 0.726. The van der Waals surface area contributed by atoms with Gasteiger partial charge in [-0.3, -0.25) is 0 Å². The second-order valence-electron chi connectivity index (χ2n) is 2.91. The summed E-state index contributed by atoms with van der Waals surface area (Å²) in [5.41, 5.74) is 3.21. The predicted molar refractivity (Wildman–Crippen MR) is 48.4 cm³/mol. The molecule has 0 bridgehead atoms. The first-order valence-electron chi connectivity index (χ1n) is 3.94. The van der Waals surface area contributed by atoms with Crippen LogP contribution in [0.4, 0.5) is 0 Å². The standard InChI is InChI=1S/C10H14O2/c1-7-4-9(6-11)10(12-3)5-8(7)2/h4-5,11H,6H2,1-3H3. The number of methoxy groups -OCH3 is 1. The molecular formula is C10H14O2. The van der Waals surface area contributed by atoms with Crippen molar-refractivity contribution in [1.82, 2.24) is 0 Å². The zero-order chi connectivity index (χ0) is 9.14. The van der Waals surface area contributed by atoms with Crippen molar-refractivity contribution < 1.29 is 9.84 Å². The van der Waals surface area contributed by atoms with Crippen molar-refractivity contribution in [3.8, 4) is 5.75 Å². The lowest BCUT2D eigenvalue weighted by molar-refractivity contribution is 0.273. The molecule has 12 heavy (non-hydrogen) atoms. The van der Waals surface area contributed by atoms with Gasteiger partial charge >= 0.3 is 0 Å². The molecule has 0 aromatic heterocycles. The second-order valence-corrected chi connectivity index (χ2v) is 2.91. The lowest BCUT2D eigenvalue weighted by Gasteiger charge is -2.09. The molecule has 0 aliphatic heterocycles. The van der Waals surface area contributed by atoms with Gasteiger partial charge in [0.25, 0.3) is 0 Å². The van der Waals surface area contributed by atoms with Crippen LogP contribution in [-0.2, 0) is 6.61 Å². The molecule has 0 heterocycles. The number of benzene rings is 1. The molecule has 0 fully saturated rings. The minimum absolute atomic E-state index is 0.0320. The molecule has 2 nitrogen and oxygen atoms in total. The lowest BCUT2D eigenvalue weighted by atomic mass is 10.1. The Hall–Kier alpha value is -1.02. The normalized spacial score (nSPS) is 10.0. The highest BCUT2D eigenvalue weighted by molar-refractivity contribution is 5.41. The van der Waals surface area contributed by atoms with Crippen molar-refractivity contribution in [2.24, 2.45) is 0 Å². The number of aliphatic hydroxyl groups excluding tert-OH is 1. The molecule has 0 spiro atoms. The van der Waals surface area contributed by atoms with Crippen LogP contribution in [0.25, 0.3) is 0 Å². The van der Waals surface area contributed by atoms with E-state index in [0.29, 0.717) is 0 Å². The first-order valence-corrected chi connectivity index (χ1v) is 3.94. The third-order valence-electron chi connectivity index (χ3n) is 2.07. The van der Waals surface area contributed by atoms with Gasteiger partial charge < -0.3 is 9.84 Å². The number of aliphatic hydroxyl groups is 1. The Kier molecular flexibility index (Phi) is 2.71. The average Bonchev–Trinajstić information content (AvgIpc) is 2.09. The van der Waals surface area contributed by atoms with E-state index < -0.39 is 0 Å². The van der Waals surface area contributed by atoms with Crippen molar-refractivity contribution in [3.63, 3.8) is 0 Å². The van der Waals surface area contributed by atoms with Crippen LogP contribution in [0.2, 0.25) is 0 Å². The Balaban J connectivity index is 3.19. The smallest absolute Gasteiger partial charge is 0.124 e. The minimum Gasteiger partial charge on any atom is -0.496 e. The van der Waals surface area contributed by atoms with Gasteiger partial charge in [-0.25, -0.2) is 0 Å². The Morgan fingerprint density at radius 2 is 1.83 bits per heavy atom. The first-order chi connectivity index (χ1) is 5.69. The van der Waals surface area contributed by atoms with Crippen molar-refractivity contribution >= 4 is 0 Å². The number of hydrogen-bond donors (Lipinski definition) is 1. The molecule has 0 aliphatic rings. The van der Waals surface area contributed by atoms with Crippen LogP contribution >= 0.6 is 0 Å². The van der Waals surface area contributed by atoms with E-state index >= 15 is 0 Å². The average molecular weight is 166 g/mol. The van der Waals surface area contributed by atoms with E-state index in [4.69, 9.17) is 9.84 Å². The highest BCUT2D eigenvalue weighted by Crippen LogP contribution is 2.22. The number of hydrogen-bond acceptors (Lipinski definition) is 2. The van der Waals surface area contributed by atoms with E-state index in [-0.39, 0.29) is 6.61 Å². The molecule has 0 atom stereocenters. The van der Waals surface area contributed by atoms with Crippen LogP contribution in [0.3, 0.4) is 0 Å². The minimum atomic E-state index is 0.0320. The molecule has 0 unspecified atom stereocenters. The Morgan fingerprint density at radius 1 is 1.25 bits per heavy atom. The van der Waals surface area contributed by atoms with Gasteiger partial charge in [-0.05, 0) is 37.1 Å². The summed E-state index contributed by atoms with van der Waals surface area (Å²) >= 11 is 0. The van der Waals surface area contributed by atoms with Gasteiger partial charge in [-0.1, -0.05) is 0 Å². The van der Waals surface area contributed by atoms with Crippen molar-refractivity contribution in [1.29, 1.82) is 0 Å². The molecule has 66 valence electrons. The van der Waals surface area contributed by atoms with Crippen molar-refractivity contribution in [3.05, 3.63) is 28.8 Å². The monoisotopic (exact) mass is 166 g/mol. The van der Waals surface area contributed by atoms with Crippen LogP contribution in [0.5, 0.6) is 5.75 Å². The third-order valence-corrected chi connectivity index (χ3v) is 2.07. The van der Waals surface area contributed by atoms with Crippen LogP contribution in [0, 0.1) is 13.8 Å². The van der Waals surface area contributed by atoms with Crippen LogP contribution in [0.15, 0.2) is 12.1 Å². The van der Waals surface area contributed by atoms with Crippen LogP contribution in [-0.4, -0.2) is 12.2 Å². The SMILES string of the molecule is COc1cc(C)c(C)cc1CO. The molecule has 0 radical (unpaired) electrons. The van der Waals surface area contributed by atoms with Gasteiger partial charge in [0.05, 0.1) is 13.7 Å². The van der Waals surface area contributed by atoms with E-state index in [9.17, 15) is 0 Å². The van der Waals surface area contributed by atoms with Crippen molar-refractivity contribution in [2.75, 3.05) is 7.11 Å². The lowest BCUT2D eigenvalue weighted by Crippen LogP contribution is -1.94. The van der Waals surface area contributed by atoms with E-state index in [1.807, 2.05) is 26.0 Å². The Bertz CT molecular complexity index is 250. The molecule has 1 aromatic rings. The predicted octanol–water partition coefficient (Wildman–Crippen LogP) is 1.80. The summed E-state index contributed by atoms with van der Waals surface area (Å²) in [6.07, 6.45) is 0. The summed E-state index contributed by atoms with van der Waals surface area (Å²) < 4.78 is 5.11. The summed E-state index contributed by atoms with van der Waals surface area (Å²) in [5.74, 6) is 0.764. The molecule has 1 rings (SSSR count). The molecule has 0 amide bonds. The molecule has 1 N–H and O–H groups in total. The number of ether oxygens (including phenoxy) is 1. The molecule has 0 saturated carbocycles. The molecular weight excluding hydrogens is 152 g/mol. The van der Waals surface area contributed by atoms with Crippen LogP contribution in [0.1, 0.15) is 16.7 Å². The van der Waals surface area contributed by atoms with Gasteiger partial charge in [0.2, 0.25) is 0 Å². The van der Waals surface area contributed by atoms with E-state index in [0.717, 1.165) is 11.3 Å². The molecule has 0 saturated heterocycles. The van der Waals surface area contributed by atoms with E-state index in [1.54, 1.807) is 7.11 Å².